The Morgan fingerprint density at radius 2 is 2.06 bits per heavy atom. The molecule has 5 nitrogen and oxygen atoms in total. The van der Waals surface area contributed by atoms with Gasteiger partial charge in [-0.05, 0) is 36.8 Å². The maximum atomic E-state index is 12.0. The number of carbonyl (C=O) groups excluding carboxylic acids is 2. The lowest BCUT2D eigenvalue weighted by Gasteiger charge is -2.17. The van der Waals surface area contributed by atoms with Crippen molar-refractivity contribution in [1.29, 1.82) is 0 Å². The average molecular weight is 248 g/mol. The van der Waals surface area contributed by atoms with Gasteiger partial charge in [-0.3, -0.25) is 4.79 Å². The van der Waals surface area contributed by atoms with Crippen molar-refractivity contribution in [1.82, 2.24) is 10.2 Å². The molecule has 1 saturated carbocycles. The van der Waals surface area contributed by atoms with Crippen LogP contribution in [0.3, 0.4) is 0 Å². The fraction of sp³-hybridized carbons (Fsp3) is 0.692. The van der Waals surface area contributed by atoms with Crippen molar-refractivity contribution < 1.29 is 14.3 Å². The van der Waals surface area contributed by atoms with Crippen LogP contribution in [0.2, 0.25) is 0 Å². The number of fused-ring (bicyclic) bond motifs is 1. The van der Waals surface area contributed by atoms with Gasteiger partial charge >= 0.3 is 5.97 Å². The molecule has 4 aliphatic rings. The summed E-state index contributed by atoms with van der Waals surface area (Å²) in [5.41, 5.74) is 0.747. The average Bonchev–Trinajstić information content (AvgIpc) is 2.82. The first-order valence-corrected chi connectivity index (χ1v) is 6.62. The molecular weight excluding hydrogens is 232 g/mol. The minimum atomic E-state index is -0.325. The van der Waals surface area contributed by atoms with Gasteiger partial charge < -0.3 is 15.0 Å². The fourth-order valence-electron chi connectivity index (χ4n) is 3.96. The second-order valence-corrected chi connectivity index (χ2v) is 5.78. The molecule has 0 aromatic carbocycles. The van der Waals surface area contributed by atoms with E-state index in [9.17, 15) is 9.59 Å². The lowest BCUT2D eigenvalue weighted by atomic mass is 9.99. The van der Waals surface area contributed by atoms with Crippen LogP contribution in [0.15, 0.2) is 11.8 Å². The molecule has 0 aromatic heterocycles. The van der Waals surface area contributed by atoms with E-state index in [0.29, 0.717) is 12.3 Å². The van der Waals surface area contributed by atoms with Crippen LogP contribution in [0.4, 0.5) is 0 Å². The quantitative estimate of drug-likeness (QED) is 0.684. The highest BCUT2D eigenvalue weighted by molar-refractivity contribution is 5.88. The molecule has 1 aliphatic carbocycles. The van der Waals surface area contributed by atoms with Crippen molar-refractivity contribution in [2.45, 2.75) is 6.42 Å². The van der Waals surface area contributed by atoms with Crippen LogP contribution in [-0.2, 0) is 14.3 Å². The lowest BCUT2D eigenvalue weighted by molar-refractivity contribution is -0.135. The number of nitrogens with one attached hydrogen (secondary N) is 1. The minimum absolute atomic E-state index is 0.155. The Hall–Kier alpha value is -1.36. The van der Waals surface area contributed by atoms with Gasteiger partial charge in [0.15, 0.2) is 0 Å². The van der Waals surface area contributed by atoms with Crippen molar-refractivity contribution in [3.8, 4) is 0 Å². The third-order valence-corrected chi connectivity index (χ3v) is 4.85. The number of likely N-dealkylation sites (tertiary alicyclic amines) is 1. The number of hydrogen-bond acceptors (Lipinski definition) is 4. The van der Waals surface area contributed by atoms with Crippen LogP contribution in [0.25, 0.3) is 0 Å². The van der Waals surface area contributed by atoms with Gasteiger partial charge in [0.1, 0.15) is 6.61 Å². The van der Waals surface area contributed by atoms with Crippen molar-refractivity contribution in [2.75, 3.05) is 26.2 Å². The normalized spacial score (nSPS) is 42.0. The predicted octanol–water partition coefficient (Wildman–Crippen LogP) is -0.259. The van der Waals surface area contributed by atoms with Gasteiger partial charge in [-0.2, -0.15) is 0 Å². The molecule has 3 atom stereocenters. The summed E-state index contributed by atoms with van der Waals surface area (Å²) in [6.07, 6.45) is 2.10. The first kappa shape index (κ1) is 10.6. The van der Waals surface area contributed by atoms with Crippen LogP contribution in [0, 0.1) is 23.7 Å². The van der Waals surface area contributed by atoms with Crippen molar-refractivity contribution in [3.05, 3.63) is 11.8 Å². The molecule has 1 N–H and O–H groups in total. The van der Waals surface area contributed by atoms with Gasteiger partial charge in [0, 0.05) is 19.0 Å². The third-order valence-electron chi connectivity index (χ3n) is 4.85. The maximum absolute atomic E-state index is 12.0. The van der Waals surface area contributed by atoms with Crippen LogP contribution in [0.1, 0.15) is 6.42 Å². The molecule has 3 fully saturated rings. The van der Waals surface area contributed by atoms with Crippen LogP contribution in [0.5, 0.6) is 0 Å². The summed E-state index contributed by atoms with van der Waals surface area (Å²) in [7, 11) is 0. The Morgan fingerprint density at radius 1 is 1.28 bits per heavy atom. The second kappa shape index (κ2) is 3.57. The van der Waals surface area contributed by atoms with Gasteiger partial charge in [0.2, 0.25) is 5.91 Å². The Balaban J connectivity index is 1.47. The smallest absolute Gasteiger partial charge is 0.333 e. The minimum Gasteiger partial charge on any atom is -0.456 e. The molecule has 0 radical (unpaired) electrons. The van der Waals surface area contributed by atoms with E-state index < -0.39 is 0 Å². The highest BCUT2D eigenvalue weighted by Gasteiger charge is 2.58. The SMILES string of the molecule is O=C1C=C(N2CC(C3C4CNCC43)CC2=O)CO1. The van der Waals surface area contributed by atoms with E-state index in [1.807, 2.05) is 0 Å². The zero-order chi connectivity index (χ0) is 12.3. The molecular formula is C13H16N2O3. The monoisotopic (exact) mass is 248 g/mol. The van der Waals surface area contributed by atoms with Gasteiger partial charge in [-0.1, -0.05) is 0 Å². The van der Waals surface area contributed by atoms with E-state index in [1.165, 1.54) is 6.08 Å². The summed E-state index contributed by atoms with van der Waals surface area (Å²) in [5, 5.41) is 3.38. The maximum Gasteiger partial charge on any atom is 0.333 e. The molecule has 96 valence electrons. The number of ether oxygens (including phenoxy) is 1. The second-order valence-electron chi connectivity index (χ2n) is 5.78. The van der Waals surface area contributed by atoms with E-state index in [1.54, 1.807) is 4.90 Å². The van der Waals surface area contributed by atoms with Crippen LogP contribution >= 0.6 is 0 Å². The lowest BCUT2D eigenvalue weighted by Crippen LogP contribution is -2.26. The highest BCUT2D eigenvalue weighted by atomic mass is 16.5. The van der Waals surface area contributed by atoms with Crippen LogP contribution in [-0.4, -0.2) is 43.0 Å². The molecule has 5 heteroatoms. The number of rotatable bonds is 2. The highest BCUT2D eigenvalue weighted by Crippen LogP contribution is 2.55. The number of cyclic esters (lactones) is 1. The Bertz CT molecular complexity index is 449. The molecule has 3 unspecified atom stereocenters. The molecule has 0 bridgehead atoms. The number of piperidine rings is 1. The first-order chi connectivity index (χ1) is 8.74. The standard InChI is InChI=1S/C13H16N2O3/c16-11-1-7(13-9-3-14-4-10(9)13)5-15(11)8-2-12(17)18-6-8/h2,7,9-10,13-14H,1,3-6H2. The molecule has 4 rings (SSSR count). The van der Waals surface area contributed by atoms with E-state index in [-0.39, 0.29) is 18.5 Å². The largest absolute Gasteiger partial charge is 0.456 e. The molecule has 3 aliphatic heterocycles. The van der Waals surface area contributed by atoms with Gasteiger partial charge in [0.05, 0.1) is 5.70 Å². The number of amides is 1. The van der Waals surface area contributed by atoms with Crippen molar-refractivity contribution in [2.24, 2.45) is 23.7 Å². The number of hydrogen-bond donors (Lipinski definition) is 1. The third kappa shape index (κ3) is 1.43. The fourth-order valence-corrected chi connectivity index (χ4v) is 3.96. The van der Waals surface area contributed by atoms with E-state index >= 15 is 0 Å². The van der Waals surface area contributed by atoms with Crippen LogP contribution < -0.4 is 5.32 Å². The van der Waals surface area contributed by atoms with E-state index in [0.717, 1.165) is 43.1 Å². The summed E-state index contributed by atoms with van der Waals surface area (Å²) < 4.78 is 4.88. The Kier molecular flexibility index (Phi) is 2.09. The van der Waals surface area contributed by atoms with Gasteiger partial charge in [-0.25, -0.2) is 4.79 Å². The number of esters is 1. The molecule has 1 amide bonds. The number of nitrogens with zero attached hydrogens (tertiary/aromatic N) is 1. The zero-order valence-electron chi connectivity index (χ0n) is 10.1. The number of carbonyl (C=O) groups is 2. The van der Waals surface area contributed by atoms with Gasteiger partial charge in [-0.15, -0.1) is 0 Å². The van der Waals surface area contributed by atoms with Gasteiger partial charge in [0.25, 0.3) is 0 Å². The molecule has 18 heavy (non-hydrogen) atoms. The summed E-state index contributed by atoms with van der Waals surface area (Å²) in [5.74, 6) is 2.61. The molecule has 0 spiro atoms. The molecule has 0 aromatic rings. The Labute approximate surface area is 105 Å². The molecule has 3 heterocycles. The van der Waals surface area contributed by atoms with E-state index in [2.05, 4.69) is 5.32 Å². The summed E-state index contributed by atoms with van der Waals surface area (Å²) >= 11 is 0. The van der Waals surface area contributed by atoms with Crippen molar-refractivity contribution >= 4 is 11.9 Å². The summed E-state index contributed by atoms with van der Waals surface area (Å²) in [6, 6.07) is 0. The van der Waals surface area contributed by atoms with E-state index in [4.69, 9.17) is 4.74 Å². The predicted molar refractivity (Wildman–Crippen MR) is 62.2 cm³/mol. The zero-order valence-corrected chi connectivity index (χ0v) is 10.1. The first-order valence-electron chi connectivity index (χ1n) is 6.62. The topological polar surface area (TPSA) is 58.6 Å². The Morgan fingerprint density at radius 3 is 2.72 bits per heavy atom. The summed E-state index contributed by atoms with van der Waals surface area (Å²) in [4.78, 5) is 24.9. The molecule has 2 saturated heterocycles. The van der Waals surface area contributed by atoms with Crippen molar-refractivity contribution in [3.63, 3.8) is 0 Å². The summed E-state index contributed by atoms with van der Waals surface area (Å²) in [6.45, 7) is 3.27.